The fourth-order valence-electron chi connectivity index (χ4n) is 3.03. The van der Waals surface area contributed by atoms with E-state index in [1.165, 1.54) is 0 Å². The summed E-state index contributed by atoms with van der Waals surface area (Å²) < 4.78 is 10.4. The zero-order valence-corrected chi connectivity index (χ0v) is 16.8. The average Bonchev–Trinajstić information content (AvgIpc) is 3.10. The normalized spacial score (nSPS) is 10.8. The lowest BCUT2D eigenvalue weighted by atomic mass is 10.0. The molecule has 0 aliphatic rings. The highest BCUT2D eigenvalue weighted by Crippen LogP contribution is 2.23. The van der Waals surface area contributed by atoms with E-state index in [-0.39, 0.29) is 18.1 Å². The molecule has 0 atom stereocenters. The number of nitrogens with zero attached hydrogens (tertiary/aromatic N) is 1. The maximum atomic E-state index is 12.4. The summed E-state index contributed by atoms with van der Waals surface area (Å²) >= 11 is 0. The summed E-state index contributed by atoms with van der Waals surface area (Å²) in [6.45, 7) is 5.08. The minimum atomic E-state index is -0.611. The first-order valence-corrected chi connectivity index (χ1v) is 9.50. The van der Waals surface area contributed by atoms with Crippen molar-refractivity contribution in [3.8, 4) is 0 Å². The average molecular weight is 392 g/mol. The van der Waals surface area contributed by atoms with Crippen LogP contribution in [0.15, 0.2) is 59.1 Å². The van der Waals surface area contributed by atoms with Crippen LogP contribution in [0.5, 0.6) is 0 Å². The van der Waals surface area contributed by atoms with Crippen LogP contribution in [0.3, 0.4) is 0 Å². The van der Waals surface area contributed by atoms with Gasteiger partial charge in [0.15, 0.2) is 12.4 Å². The molecule has 2 aromatic carbocycles. The van der Waals surface area contributed by atoms with Crippen LogP contribution in [0.25, 0.3) is 0 Å². The van der Waals surface area contributed by atoms with Gasteiger partial charge in [0.1, 0.15) is 5.56 Å². The number of rotatable bonds is 7. The molecule has 0 aliphatic heterocycles. The van der Waals surface area contributed by atoms with E-state index in [2.05, 4.69) is 10.5 Å². The maximum absolute atomic E-state index is 12.4. The third kappa shape index (κ3) is 5.10. The van der Waals surface area contributed by atoms with E-state index in [1.54, 1.807) is 6.92 Å². The lowest BCUT2D eigenvalue weighted by Crippen LogP contribution is -2.22. The van der Waals surface area contributed by atoms with E-state index >= 15 is 0 Å². The Bertz CT molecular complexity index is 993. The SMILES string of the molecule is Cc1noc(C(C)C)c1C(=O)OCC(=O)Nc1ccccc1Cc1ccccc1. The van der Waals surface area contributed by atoms with E-state index in [0.717, 1.165) is 11.1 Å². The molecule has 0 unspecified atom stereocenters. The van der Waals surface area contributed by atoms with E-state index in [1.807, 2.05) is 68.4 Å². The zero-order chi connectivity index (χ0) is 20.8. The molecule has 0 aliphatic carbocycles. The van der Waals surface area contributed by atoms with Crippen molar-refractivity contribution in [3.63, 3.8) is 0 Å². The minimum Gasteiger partial charge on any atom is -0.452 e. The summed E-state index contributed by atoms with van der Waals surface area (Å²) in [4.78, 5) is 24.8. The van der Waals surface area contributed by atoms with Crippen molar-refractivity contribution in [2.75, 3.05) is 11.9 Å². The first kappa shape index (κ1) is 20.3. The molecule has 6 nitrogen and oxygen atoms in total. The topological polar surface area (TPSA) is 81.4 Å². The molecule has 0 saturated carbocycles. The van der Waals surface area contributed by atoms with Gasteiger partial charge in [0.2, 0.25) is 0 Å². The first-order valence-electron chi connectivity index (χ1n) is 9.50. The van der Waals surface area contributed by atoms with E-state index in [4.69, 9.17) is 9.26 Å². The molecule has 1 heterocycles. The Kier molecular flexibility index (Phi) is 6.44. The van der Waals surface area contributed by atoms with Gasteiger partial charge in [-0.25, -0.2) is 4.79 Å². The van der Waals surface area contributed by atoms with Gasteiger partial charge in [0, 0.05) is 11.6 Å². The largest absolute Gasteiger partial charge is 0.452 e. The van der Waals surface area contributed by atoms with Gasteiger partial charge in [-0.1, -0.05) is 67.5 Å². The van der Waals surface area contributed by atoms with E-state index in [9.17, 15) is 9.59 Å². The van der Waals surface area contributed by atoms with E-state index in [0.29, 0.717) is 23.6 Å². The number of ether oxygens (including phenoxy) is 1. The highest BCUT2D eigenvalue weighted by Gasteiger charge is 2.24. The van der Waals surface area contributed by atoms with Gasteiger partial charge in [-0.15, -0.1) is 0 Å². The van der Waals surface area contributed by atoms with Crippen LogP contribution >= 0.6 is 0 Å². The Morgan fingerprint density at radius 3 is 2.48 bits per heavy atom. The molecule has 0 bridgehead atoms. The summed E-state index contributed by atoms with van der Waals surface area (Å²) in [5, 5.41) is 6.66. The van der Waals surface area contributed by atoms with Crippen LogP contribution in [0.4, 0.5) is 5.69 Å². The highest BCUT2D eigenvalue weighted by molar-refractivity contribution is 5.96. The Morgan fingerprint density at radius 2 is 1.76 bits per heavy atom. The molecule has 1 N–H and O–H groups in total. The Balaban J connectivity index is 1.63. The van der Waals surface area contributed by atoms with Gasteiger partial charge in [0.05, 0.1) is 5.69 Å². The van der Waals surface area contributed by atoms with Gasteiger partial charge in [-0.05, 0) is 30.5 Å². The van der Waals surface area contributed by atoms with Gasteiger partial charge in [-0.2, -0.15) is 0 Å². The second-order valence-electron chi connectivity index (χ2n) is 7.11. The molecule has 0 radical (unpaired) electrons. The summed E-state index contributed by atoms with van der Waals surface area (Å²) in [5.74, 6) is -0.571. The van der Waals surface area contributed by atoms with Crippen molar-refractivity contribution in [1.29, 1.82) is 0 Å². The van der Waals surface area contributed by atoms with Crippen LogP contribution in [-0.4, -0.2) is 23.6 Å². The van der Waals surface area contributed by atoms with Gasteiger partial charge in [0.25, 0.3) is 5.91 Å². The maximum Gasteiger partial charge on any atom is 0.344 e. The molecule has 0 spiro atoms. The predicted molar refractivity (Wildman–Crippen MR) is 110 cm³/mol. The molecule has 29 heavy (non-hydrogen) atoms. The smallest absolute Gasteiger partial charge is 0.344 e. The van der Waals surface area contributed by atoms with Crippen LogP contribution < -0.4 is 5.32 Å². The van der Waals surface area contributed by atoms with Crippen LogP contribution in [0, 0.1) is 6.92 Å². The van der Waals surface area contributed by atoms with Crippen molar-refractivity contribution in [2.45, 2.75) is 33.1 Å². The summed E-state index contributed by atoms with van der Waals surface area (Å²) in [5.41, 5.74) is 3.56. The molecular weight excluding hydrogens is 368 g/mol. The Morgan fingerprint density at radius 1 is 1.07 bits per heavy atom. The molecule has 6 heteroatoms. The fraction of sp³-hybridized carbons (Fsp3) is 0.261. The van der Waals surface area contributed by atoms with Crippen LogP contribution in [0.1, 0.15) is 52.7 Å². The molecule has 3 aromatic rings. The zero-order valence-electron chi connectivity index (χ0n) is 16.8. The number of carbonyl (C=O) groups is 2. The summed E-state index contributed by atoms with van der Waals surface area (Å²) in [6.07, 6.45) is 0.689. The Labute approximate surface area is 169 Å². The summed E-state index contributed by atoms with van der Waals surface area (Å²) in [7, 11) is 0. The molecular formula is C23H24N2O4. The standard InChI is InChI=1S/C23H24N2O4/c1-15(2)22-21(16(3)25-29-22)23(27)28-14-20(26)24-19-12-8-7-11-18(19)13-17-9-5-4-6-10-17/h4-12,15H,13-14H2,1-3H3,(H,24,26). The second kappa shape index (κ2) is 9.19. The molecule has 150 valence electrons. The highest BCUT2D eigenvalue weighted by atomic mass is 16.5. The molecule has 3 rings (SSSR count). The number of hydrogen-bond acceptors (Lipinski definition) is 5. The number of amides is 1. The number of hydrogen-bond donors (Lipinski definition) is 1. The summed E-state index contributed by atoms with van der Waals surface area (Å²) in [6, 6.07) is 17.6. The monoisotopic (exact) mass is 392 g/mol. The molecule has 0 saturated heterocycles. The van der Waals surface area contributed by atoms with Crippen molar-refractivity contribution < 1.29 is 18.8 Å². The Hall–Kier alpha value is -3.41. The van der Waals surface area contributed by atoms with Gasteiger partial charge in [-0.3, -0.25) is 4.79 Å². The number of nitrogens with one attached hydrogen (secondary N) is 1. The third-order valence-corrected chi connectivity index (χ3v) is 4.48. The van der Waals surface area contributed by atoms with Crippen molar-refractivity contribution in [1.82, 2.24) is 5.16 Å². The lowest BCUT2D eigenvalue weighted by molar-refractivity contribution is -0.119. The number of aromatic nitrogens is 1. The first-order chi connectivity index (χ1) is 14.0. The van der Waals surface area contributed by atoms with Gasteiger partial charge < -0.3 is 14.6 Å². The number of carbonyl (C=O) groups excluding carboxylic acids is 2. The van der Waals surface area contributed by atoms with Crippen LogP contribution in [-0.2, 0) is 16.0 Å². The molecule has 1 amide bonds. The van der Waals surface area contributed by atoms with E-state index < -0.39 is 11.9 Å². The molecule has 1 aromatic heterocycles. The number of para-hydroxylation sites is 1. The number of aryl methyl sites for hydroxylation is 1. The predicted octanol–water partition coefficient (Wildman–Crippen LogP) is 4.49. The molecule has 0 fully saturated rings. The quantitative estimate of drug-likeness (QED) is 0.599. The van der Waals surface area contributed by atoms with Crippen molar-refractivity contribution in [3.05, 3.63) is 82.7 Å². The second-order valence-corrected chi connectivity index (χ2v) is 7.11. The third-order valence-electron chi connectivity index (χ3n) is 4.48. The number of anilines is 1. The van der Waals surface area contributed by atoms with Crippen molar-refractivity contribution in [2.24, 2.45) is 0 Å². The lowest BCUT2D eigenvalue weighted by Gasteiger charge is -2.12. The fourth-order valence-corrected chi connectivity index (χ4v) is 3.03. The van der Waals surface area contributed by atoms with Gasteiger partial charge >= 0.3 is 5.97 Å². The number of benzene rings is 2. The van der Waals surface area contributed by atoms with Crippen LogP contribution in [0.2, 0.25) is 0 Å². The number of esters is 1. The minimum absolute atomic E-state index is 0.0163. The van der Waals surface area contributed by atoms with Crippen molar-refractivity contribution >= 4 is 17.6 Å².